The summed E-state index contributed by atoms with van der Waals surface area (Å²) in [6.07, 6.45) is 1.36. The molecular formula is C26H21N3O7. The van der Waals surface area contributed by atoms with Gasteiger partial charge in [-0.2, -0.15) is 5.26 Å². The quantitative estimate of drug-likeness (QED) is 0.179. The number of nitro groups is 1. The maximum Gasteiger partial charge on any atom is 0.335 e. The maximum absolute atomic E-state index is 12.6. The number of nitro benzene ring substituents is 1. The van der Waals surface area contributed by atoms with E-state index in [0.29, 0.717) is 23.7 Å². The number of rotatable bonds is 10. The van der Waals surface area contributed by atoms with E-state index in [0.717, 1.165) is 5.56 Å². The highest BCUT2D eigenvalue weighted by Crippen LogP contribution is 2.30. The number of carbonyl (C=O) groups is 2. The number of nitriles is 1. The minimum atomic E-state index is -1.01. The third-order valence-corrected chi connectivity index (χ3v) is 4.85. The fourth-order valence-electron chi connectivity index (χ4n) is 3.12. The number of non-ortho nitro benzene ring substituents is 1. The molecular weight excluding hydrogens is 466 g/mol. The zero-order valence-corrected chi connectivity index (χ0v) is 19.1. The Kier molecular flexibility index (Phi) is 8.35. The summed E-state index contributed by atoms with van der Waals surface area (Å²) in [6, 6.07) is 18.4. The summed E-state index contributed by atoms with van der Waals surface area (Å²) in [7, 11) is 0. The first-order chi connectivity index (χ1) is 17.3. The molecule has 0 unspecified atom stereocenters. The molecule has 36 heavy (non-hydrogen) atoms. The predicted octanol–water partition coefficient (Wildman–Crippen LogP) is 4.82. The molecule has 10 heteroatoms. The van der Waals surface area contributed by atoms with E-state index in [4.69, 9.17) is 14.6 Å². The van der Waals surface area contributed by atoms with Crippen molar-refractivity contribution in [3.05, 3.63) is 99.1 Å². The minimum absolute atomic E-state index is 0.171. The first-order valence-corrected chi connectivity index (χ1v) is 10.7. The Balaban J connectivity index is 1.76. The van der Waals surface area contributed by atoms with E-state index in [1.165, 1.54) is 42.5 Å². The molecule has 0 fully saturated rings. The third kappa shape index (κ3) is 6.68. The summed E-state index contributed by atoms with van der Waals surface area (Å²) in [5, 5.41) is 31.9. The van der Waals surface area contributed by atoms with Crippen LogP contribution in [-0.4, -0.2) is 28.5 Å². The molecule has 3 aromatic rings. The molecule has 0 saturated carbocycles. The van der Waals surface area contributed by atoms with Gasteiger partial charge in [-0.3, -0.25) is 14.9 Å². The number of nitrogens with one attached hydrogen (secondary N) is 1. The van der Waals surface area contributed by atoms with Crippen LogP contribution in [0.4, 0.5) is 11.4 Å². The van der Waals surface area contributed by atoms with Crippen molar-refractivity contribution < 1.29 is 29.1 Å². The van der Waals surface area contributed by atoms with Crippen LogP contribution >= 0.6 is 0 Å². The van der Waals surface area contributed by atoms with Gasteiger partial charge in [-0.15, -0.1) is 0 Å². The van der Waals surface area contributed by atoms with Crippen molar-refractivity contribution in [3.8, 4) is 17.6 Å². The molecule has 0 radical (unpaired) electrons. The van der Waals surface area contributed by atoms with Gasteiger partial charge in [0, 0.05) is 17.8 Å². The fraction of sp³-hybridized carbons (Fsp3) is 0.115. The lowest BCUT2D eigenvalue weighted by atomic mass is 10.1. The molecule has 0 aromatic heterocycles. The first-order valence-electron chi connectivity index (χ1n) is 10.7. The van der Waals surface area contributed by atoms with Crippen molar-refractivity contribution in [2.24, 2.45) is 0 Å². The summed E-state index contributed by atoms with van der Waals surface area (Å²) >= 11 is 0. The number of nitrogens with zero attached hydrogens (tertiary/aromatic N) is 2. The van der Waals surface area contributed by atoms with E-state index in [1.54, 1.807) is 37.3 Å². The van der Waals surface area contributed by atoms with Crippen molar-refractivity contribution in [2.45, 2.75) is 13.5 Å². The SMILES string of the molecule is CCOc1cc(/C=C(\C#N)C(=O)Nc2cccc([N+](=O)[O-])c2)ccc1OCc1ccc(C(=O)O)cc1. The predicted molar refractivity (Wildman–Crippen MR) is 131 cm³/mol. The smallest absolute Gasteiger partial charge is 0.335 e. The van der Waals surface area contributed by atoms with Gasteiger partial charge >= 0.3 is 5.97 Å². The van der Waals surface area contributed by atoms with Crippen molar-refractivity contribution in [1.29, 1.82) is 5.26 Å². The van der Waals surface area contributed by atoms with Gasteiger partial charge in [-0.05, 0) is 54.5 Å². The summed E-state index contributed by atoms with van der Waals surface area (Å²) in [4.78, 5) is 33.9. The van der Waals surface area contributed by atoms with E-state index < -0.39 is 16.8 Å². The summed E-state index contributed by atoms with van der Waals surface area (Å²) in [6.45, 7) is 2.31. The first kappa shape index (κ1) is 25.5. The Morgan fingerprint density at radius 3 is 2.47 bits per heavy atom. The standard InChI is InChI=1S/C26H21N3O7/c1-2-35-24-13-18(8-11-23(24)36-16-17-6-9-19(10-7-17)26(31)32)12-20(15-27)25(30)28-21-4-3-5-22(14-21)29(33)34/h3-14H,2,16H2,1H3,(H,28,30)(H,31,32)/b20-12+. The van der Waals surface area contributed by atoms with E-state index in [-0.39, 0.29) is 29.1 Å². The van der Waals surface area contributed by atoms with Crippen LogP contribution < -0.4 is 14.8 Å². The second-order valence-corrected chi connectivity index (χ2v) is 7.36. The minimum Gasteiger partial charge on any atom is -0.490 e. The number of hydrogen-bond acceptors (Lipinski definition) is 7. The summed E-state index contributed by atoms with van der Waals surface area (Å²) in [5.74, 6) is -0.915. The molecule has 0 bridgehead atoms. The van der Waals surface area contributed by atoms with E-state index in [1.807, 2.05) is 6.07 Å². The Labute approximate surface area is 206 Å². The number of amides is 1. The van der Waals surface area contributed by atoms with E-state index >= 15 is 0 Å². The number of carbonyl (C=O) groups excluding carboxylic acids is 1. The van der Waals surface area contributed by atoms with Gasteiger partial charge < -0.3 is 19.9 Å². The van der Waals surface area contributed by atoms with Crippen LogP contribution in [0, 0.1) is 21.4 Å². The monoisotopic (exact) mass is 487 g/mol. The molecule has 182 valence electrons. The van der Waals surface area contributed by atoms with Crippen LogP contribution in [0.5, 0.6) is 11.5 Å². The molecule has 0 spiro atoms. The van der Waals surface area contributed by atoms with Crippen LogP contribution in [0.3, 0.4) is 0 Å². The van der Waals surface area contributed by atoms with Gasteiger partial charge in [0.1, 0.15) is 18.2 Å². The highest BCUT2D eigenvalue weighted by molar-refractivity contribution is 6.09. The fourth-order valence-corrected chi connectivity index (χ4v) is 3.12. The zero-order chi connectivity index (χ0) is 26.1. The largest absolute Gasteiger partial charge is 0.490 e. The molecule has 0 saturated heterocycles. The van der Waals surface area contributed by atoms with Gasteiger partial charge in [0.2, 0.25) is 0 Å². The van der Waals surface area contributed by atoms with E-state index in [9.17, 15) is 25.0 Å². The molecule has 0 aliphatic heterocycles. The van der Waals surface area contributed by atoms with E-state index in [2.05, 4.69) is 5.32 Å². The number of anilines is 1. The van der Waals surface area contributed by atoms with Gasteiger partial charge in [0.05, 0.1) is 17.1 Å². The molecule has 10 nitrogen and oxygen atoms in total. The summed E-state index contributed by atoms with van der Waals surface area (Å²) in [5.41, 5.74) is 1.22. The third-order valence-electron chi connectivity index (χ3n) is 4.85. The molecule has 0 atom stereocenters. The lowest BCUT2D eigenvalue weighted by molar-refractivity contribution is -0.384. The normalized spacial score (nSPS) is 10.7. The van der Waals surface area contributed by atoms with Gasteiger partial charge in [-0.25, -0.2) is 4.79 Å². The number of aromatic carboxylic acids is 1. The zero-order valence-electron chi connectivity index (χ0n) is 19.1. The topological polar surface area (TPSA) is 152 Å². The van der Waals surface area contributed by atoms with Crippen molar-refractivity contribution >= 4 is 29.3 Å². The van der Waals surface area contributed by atoms with Gasteiger partial charge in [0.25, 0.3) is 11.6 Å². The Morgan fingerprint density at radius 1 is 1.08 bits per heavy atom. The highest BCUT2D eigenvalue weighted by Gasteiger charge is 2.14. The molecule has 3 aromatic carbocycles. The number of carboxylic acid groups (broad SMARTS) is 1. The van der Waals surface area contributed by atoms with Crippen LogP contribution in [0.2, 0.25) is 0 Å². The number of ether oxygens (including phenoxy) is 2. The number of carboxylic acids is 1. The average molecular weight is 487 g/mol. The van der Waals surface area contributed by atoms with Crippen LogP contribution in [0.15, 0.2) is 72.3 Å². The molecule has 3 rings (SSSR count). The molecule has 0 heterocycles. The molecule has 1 amide bonds. The molecule has 0 aliphatic carbocycles. The lowest BCUT2D eigenvalue weighted by Gasteiger charge is -2.13. The Hall–Kier alpha value is -5.17. The molecule has 0 aliphatic rings. The van der Waals surface area contributed by atoms with Crippen molar-refractivity contribution in [2.75, 3.05) is 11.9 Å². The number of hydrogen-bond donors (Lipinski definition) is 2. The van der Waals surface area contributed by atoms with Crippen LogP contribution in [0.1, 0.15) is 28.4 Å². The van der Waals surface area contributed by atoms with Crippen molar-refractivity contribution in [3.63, 3.8) is 0 Å². The van der Waals surface area contributed by atoms with Crippen LogP contribution in [-0.2, 0) is 11.4 Å². The van der Waals surface area contributed by atoms with Crippen LogP contribution in [0.25, 0.3) is 6.08 Å². The Bertz CT molecular complexity index is 1360. The van der Waals surface area contributed by atoms with Gasteiger partial charge in [0.15, 0.2) is 11.5 Å². The second kappa shape index (κ2) is 11.8. The second-order valence-electron chi connectivity index (χ2n) is 7.36. The maximum atomic E-state index is 12.6. The Morgan fingerprint density at radius 2 is 1.83 bits per heavy atom. The highest BCUT2D eigenvalue weighted by atomic mass is 16.6. The summed E-state index contributed by atoms with van der Waals surface area (Å²) < 4.78 is 11.5. The van der Waals surface area contributed by atoms with Gasteiger partial charge in [-0.1, -0.05) is 24.3 Å². The lowest BCUT2D eigenvalue weighted by Crippen LogP contribution is -2.13. The molecule has 2 N–H and O–H groups in total. The number of benzene rings is 3. The average Bonchev–Trinajstić information content (AvgIpc) is 2.87. The van der Waals surface area contributed by atoms with Crippen molar-refractivity contribution in [1.82, 2.24) is 0 Å².